The van der Waals surface area contributed by atoms with Gasteiger partial charge in [-0.25, -0.2) is 9.97 Å². The molecular weight excluding hydrogens is 239 g/mol. The van der Waals surface area contributed by atoms with Gasteiger partial charge in [0, 0.05) is 0 Å². The number of ether oxygens (including phenoxy) is 2. The van der Waals surface area contributed by atoms with Crippen molar-refractivity contribution in [2.75, 3.05) is 6.61 Å². The van der Waals surface area contributed by atoms with Crippen LogP contribution in [0.5, 0.6) is 0 Å². The number of aromatic nitrogens is 2. The Bertz CT molecular complexity index is 364. The fourth-order valence-electron chi connectivity index (χ4n) is 1.40. The largest absolute Gasteiger partial charge is 0.347 e. The first kappa shape index (κ1) is 11.1. The minimum atomic E-state index is -0.589. The highest BCUT2D eigenvalue weighted by atomic mass is 35.5. The molecule has 0 bridgehead atoms. The quantitative estimate of drug-likeness (QED) is 0.566. The number of hydrogen-bond donors (Lipinski definition) is 0. The Hall–Kier alpha value is -0.420. The van der Waals surface area contributed by atoms with Crippen molar-refractivity contribution in [3.05, 3.63) is 22.2 Å². The lowest BCUT2D eigenvalue weighted by Gasteiger charge is -2.16. The number of halogens is 2. The molecule has 4 nitrogen and oxygen atoms in total. The van der Waals surface area contributed by atoms with E-state index in [1.165, 1.54) is 0 Å². The topological polar surface area (TPSA) is 44.2 Å². The molecule has 6 heteroatoms. The van der Waals surface area contributed by atoms with Crippen LogP contribution >= 0.6 is 23.2 Å². The van der Waals surface area contributed by atoms with Gasteiger partial charge in [0.25, 0.3) is 0 Å². The highest BCUT2D eigenvalue weighted by Crippen LogP contribution is 2.32. The molecule has 1 atom stereocenters. The molecule has 1 aromatic heterocycles. The molecule has 1 fully saturated rings. The van der Waals surface area contributed by atoms with E-state index in [4.69, 9.17) is 32.7 Å². The average molecular weight is 249 g/mol. The Morgan fingerprint density at radius 2 is 2.13 bits per heavy atom. The monoisotopic (exact) mass is 248 g/mol. The predicted molar refractivity (Wildman–Crippen MR) is 55.9 cm³/mol. The Morgan fingerprint density at radius 3 is 2.67 bits per heavy atom. The molecule has 0 amide bonds. The van der Waals surface area contributed by atoms with Crippen LogP contribution in [0.4, 0.5) is 0 Å². The maximum Gasteiger partial charge on any atom is 0.224 e. The van der Waals surface area contributed by atoms with Crippen molar-refractivity contribution in [1.82, 2.24) is 9.97 Å². The van der Waals surface area contributed by atoms with Crippen LogP contribution in [0.2, 0.25) is 10.4 Å². The Kier molecular flexibility index (Phi) is 2.85. The van der Waals surface area contributed by atoms with E-state index in [2.05, 4.69) is 9.97 Å². The van der Waals surface area contributed by atoms with Gasteiger partial charge in [0.2, 0.25) is 5.28 Å². The maximum absolute atomic E-state index is 5.77. The molecule has 0 spiro atoms. The summed E-state index contributed by atoms with van der Waals surface area (Å²) >= 11 is 11.5. The van der Waals surface area contributed by atoms with E-state index in [0.29, 0.717) is 17.5 Å². The molecule has 0 aromatic carbocycles. The van der Waals surface area contributed by atoms with Crippen molar-refractivity contribution in [1.29, 1.82) is 0 Å². The van der Waals surface area contributed by atoms with E-state index in [9.17, 15) is 0 Å². The van der Waals surface area contributed by atoms with Crippen LogP contribution < -0.4 is 0 Å². The summed E-state index contributed by atoms with van der Waals surface area (Å²) in [5.41, 5.74) is 0.644. The summed E-state index contributed by atoms with van der Waals surface area (Å²) in [5.74, 6) is -0.589. The Labute approximate surface area is 97.5 Å². The van der Waals surface area contributed by atoms with Gasteiger partial charge in [-0.2, -0.15) is 0 Å². The summed E-state index contributed by atoms with van der Waals surface area (Å²) in [6.07, 6.45) is -0.238. The van der Waals surface area contributed by atoms with Crippen molar-refractivity contribution in [3.8, 4) is 0 Å². The highest BCUT2D eigenvalue weighted by Gasteiger charge is 2.34. The molecule has 1 saturated heterocycles. The first-order valence-corrected chi connectivity index (χ1v) is 5.24. The van der Waals surface area contributed by atoms with Crippen LogP contribution in [0.15, 0.2) is 6.07 Å². The third-order valence-corrected chi connectivity index (χ3v) is 2.39. The van der Waals surface area contributed by atoms with Gasteiger partial charge >= 0.3 is 0 Å². The van der Waals surface area contributed by atoms with Crippen LogP contribution in [0, 0.1) is 0 Å². The molecule has 15 heavy (non-hydrogen) atoms. The van der Waals surface area contributed by atoms with Crippen molar-refractivity contribution in [2.24, 2.45) is 0 Å². The second kappa shape index (κ2) is 3.87. The lowest BCUT2D eigenvalue weighted by molar-refractivity contribution is -0.139. The number of nitrogens with zero attached hydrogens (tertiary/aromatic N) is 2. The Morgan fingerprint density at radius 1 is 1.40 bits per heavy atom. The molecular formula is C9H10Cl2N2O2. The highest BCUT2D eigenvalue weighted by molar-refractivity contribution is 6.31. The molecule has 1 unspecified atom stereocenters. The molecule has 0 radical (unpaired) electrons. The molecule has 1 aromatic rings. The van der Waals surface area contributed by atoms with E-state index >= 15 is 0 Å². The maximum atomic E-state index is 5.77. The summed E-state index contributed by atoms with van der Waals surface area (Å²) in [7, 11) is 0. The van der Waals surface area contributed by atoms with Gasteiger partial charge in [-0.15, -0.1) is 0 Å². The van der Waals surface area contributed by atoms with E-state index in [1.54, 1.807) is 6.07 Å². The lowest BCUT2D eigenvalue weighted by atomic mass is 10.2. The molecule has 0 aliphatic carbocycles. The summed E-state index contributed by atoms with van der Waals surface area (Å²) in [4.78, 5) is 7.81. The second-order valence-corrected chi connectivity index (χ2v) is 4.43. The summed E-state index contributed by atoms with van der Waals surface area (Å²) in [6.45, 7) is 4.13. The van der Waals surface area contributed by atoms with Gasteiger partial charge in [0.1, 0.15) is 11.3 Å². The zero-order valence-electron chi connectivity index (χ0n) is 8.33. The SMILES string of the molecule is CC1(C)OCC(c2cc(Cl)nc(Cl)n2)O1. The fraction of sp³-hybridized carbons (Fsp3) is 0.556. The molecule has 0 saturated carbocycles. The third-order valence-electron chi connectivity index (χ3n) is 2.03. The molecule has 2 rings (SSSR count). The fourth-order valence-corrected chi connectivity index (χ4v) is 1.83. The van der Waals surface area contributed by atoms with Gasteiger partial charge in [0.15, 0.2) is 5.79 Å². The number of hydrogen-bond acceptors (Lipinski definition) is 4. The zero-order chi connectivity index (χ0) is 11.1. The van der Waals surface area contributed by atoms with E-state index < -0.39 is 5.79 Å². The standard InChI is InChI=1S/C9H10Cl2N2O2/c1-9(2)14-4-6(15-9)5-3-7(10)13-8(11)12-5/h3,6H,4H2,1-2H3. The van der Waals surface area contributed by atoms with Crippen molar-refractivity contribution >= 4 is 23.2 Å². The van der Waals surface area contributed by atoms with Gasteiger partial charge in [-0.3, -0.25) is 0 Å². The van der Waals surface area contributed by atoms with Crippen LogP contribution in [0.3, 0.4) is 0 Å². The number of rotatable bonds is 1. The van der Waals surface area contributed by atoms with Gasteiger partial charge in [-0.05, 0) is 31.5 Å². The minimum Gasteiger partial charge on any atom is -0.347 e. The summed E-state index contributed by atoms with van der Waals surface area (Å²) in [5, 5.41) is 0.420. The molecule has 2 heterocycles. The van der Waals surface area contributed by atoms with Gasteiger partial charge in [0.05, 0.1) is 12.3 Å². The normalized spacial score (nSPS) is 24.4. The smallest absolute Gasteiger partial charge is 0.224 e. The first-order chi connectivity index (χ1) is 6.96. The van der Waals surface area contributed by atoms with Gasteiger partial charge < -0.3 is 9.47 Å². The van der Waals surface area contributed by atoms with Crippen LogP contribution in [0.1, 0.15) is 25.6 Å². The molecule has 1 aliphatic heterocycles. The lowest BCUT2D eigenvalue weighted by Crippen LogP contribution is -2.19. The summed E-state index contributed by atoms with van der Waals surface area (Å²) in [6, 6.07) is 1.63. The first-order valence-electron chi connectivity index (χ1n) is 4.48. The van der Waals surface area contributed by atoms with Crippen molar-refractivity contribution in [2.45, 2.75) is 25.7 Å². The van der Waals surface area contributed by atoms with E-state index in [0.717, 1.165) is 0 Å². The van der Waals surface area contributed by atoms with Crippen LogP contribution in [0.25, 0.3) is 0 Å². The second-order valence-electron chi connectivity index (χ2n) is 3.70. The third kappa shape index (κ3) is 2.58. The van der Waals surface area contributed by atoms with Crippen molar-refractivity contribution in [3.63, 3.8) is 0 Å². The average Bonchev–Trinajstić information content (AvgIpc) is 2.44. The predicted octanol–water partition coefficient (Wildman–Crippen LogP) is 2.61. The van der Waals surface area contributed by atoms with E-state index in [-0.39, 0.29) is 11.4 Å². The zero-order valence-corrected chi connectivity index (χ0v) is 9.84. The minimum absolute atomic E-state index is 0.116. The van der Waals surface area contributed by atoms with Crippen LogP contribution in [-0.4, -0.2) is 22.4 Å². The summed E-state index contributed by atoms with van der Waals surface area (Å²) < 4.78 is 11.0. The van der Waals surface area contributed by atoms with Crippen molar-refractivity contribution < 1.29 is 9.47 Å². The molecule has 1 aliphatic rings. The Balaban J connectivity index is 2.24. The molecule has 0 N–H and O–H groups in total. The van der Waals surface area contributed by atoms with E-state index in [1.807, 2.05) is 13.8 Å². The molecule has 82 valence electrons. The van der Waals surface area contributed by atoms with Crippen LogP contribution in [-0.2, 0) is 9.47 Å². The van der Waals surface area contributed by atoms with Gasteiger partial charge in [-0.1, -0.05) is 11.6 Å².